The molecule has 1 aromatic carbocycles. The number of primary amides is 1. The minimum Gasteiger partial charge on any atom is -0.445 e. The Balaban J connectivity index is 2.75. The van der Waals surface area contributed by atoms with Gasteiger partial charge in [0, 0.05) is 5.56 Å². The largest absolute Gasteiger partial charge is 0.510 e. The van der Waals surface area contributed by atoms with Crippen LogP contribution >= 0.6 is 0 Å². The van der Waals surface area contributed by atoms with E-state index in [1.165, 1.54) is 0 Å². The summed E-state index contributed by atoms with van der Waals surface area (Å²) in [6, 6.07) is 2.46. The lowest BCUT2D eigenvalue weighted by atomic mass is 9.75. The lowest BCUT2D eigenvalue weighted by molar-refractivity contribution is 0.0996. The molecule has 0 fully saturated rings. The van der Waals surface area contributed by atoms with Crippen molar-refractivity contribution in [2.24, 2.45) is 5.73 Å². The van der Waals surface area contributed by atoms with E-state index in [2.05, 4.69) is 10.2 Å². The highest BCUT2D eigenvalue weighted by Gasteiger charge is 2.32. The second kappa shape index (κ2) is 4.37. The van der Waals surface area contributed by atoms with E-state index in [1.807, 2.05) is 5.21 Å². The van der Waals surface area contributed by atoms with E-state index in [0.29, 0.717) is 6.07 Å². The number of nitrogens with two attached hydrogens (primary N) is 1. The Hall–Kier alpha value is -2.39. The SMILES string of the molecule is NC(=O)c1n[nH]nc1-c1c(F)cccc1[B-](F)(F)F. The molecule has 2 aromatic rings. The highest BCUT2D eigenvalue weighted by molar-refractivity contribution is 6.75. The van der Waals surface area contributed by atoms with Crippen molar-refractivity contribution in [2.45, 2.75) is 0 Å². The number of amides is 1. The predicted molar refractivity (Wildman–Crippen MR) is 59.0 cm³/mol. The highest BCUT2D eigenvalue weighted by atomic mass is 19.4. The van der Waals surface area contributed by atoms with Crippen LogP contribution in [0.5, 0.6) is 0 Å². The van der Waals surface area contributed by atoms with E-state index in [-0.39, 0.29) is 0 Å². The zero-order valence-electron chi connectivity index (χ0n) is 9.20. The molecule has 3 N–H and O–H groups in total. The lowest BCUT2D eigenvalue weighted by Crippen LogP contribution is -2.36. The first kappa shape index (κ1) is 13.1. The topological polar surface area (TPSA) is 84.7 Å². The summed E-state index contributed by atoms with van der Waals surface area (Å²) in [5.74, 6) is -2.26. The van der Waals surface area contributed by atoms with Crippen LogP contribution in [-0.2, 0) is 0 Å². The third-order valence-corrected chi connectivity index (χ3v) is 2.42. The third-order valence-electron chi connectivity index (χ3n) is 2.42. The Labute approximate surface area is 103 Å². The number of halogens is 4. The molecule has 0 aliphatic rings. The summed E-state index contributed by atoms with van der Waals surface area (Å²) in [4.78, 5) is 11.0. The summed E-state index contributed by atoms with van der Waals surface area (Å²) in [6.07, 6.45) is 0. The molecule has 0 radical (unpaired) electrons. The number of hydrogen-bond donors (Lipinski definition) is 2. The van der Waals surface area contributed by atoms with Gasteiger partial charge in [-0.15, -0.1) is 0 Å². The average molecular weight is 273 g/mol. The first-order chi connectivity index (χ1) is 8.82. The van der Waals surface area contributed by atoms with Crippen LogP contribution in [0.2, 0.25) is 0 Å². The van der Waals surface area contributed by atoms with Gasteiger partial charge in [0.05, 0.1) is 0 Å². The summed E-state index contributed by atoms with van der Waals surface area (Å²) in [7, 11) is 0. The lowest BCUT2D eigenvalue weighted by Gasteiger charge is -2.19. The van der Waals surface area contributed by atoms with Gasteiger partial charge in [-0.3, -0.25) is 4.79 Å². The smallest absolute Gasteiger partial charge is 0.445 e. The summed E-state index contributed by atoms with van der Waals surface area (Å²) >= 11 is 0. The van der Waals surface area contributed by atoms with Crippen molar-refractivity contribution in [3.05, 3.63) is 29.7 Å². The number of carbonyl (C=O) groups excluding carboxylic acids is 1. The fourth-order valence-corrected chi connectivity index (χ4v) is 1.64. The Morgan fingerprint density at radius 2 is 1.95 bits per heavy atom. The number of carbonyl (C=O) groups is 1. The van der Waals surface area contributed by atoms with E-state index in [1.54, 1.807) is 0 Å². The van der Waals surface area contributed by atoms with Gasteiger partial charge in [0.25, 0.3) is 5.91 Å². The summed E-state index contributed by atoms with van der Waals surface area (Å²) in [5, 5.41) is 8.65. The summed E-state index contributed by atoms with van der Waals surface area (Å²) in [6.45, 7) is -5.47. The van der Waals surface area contributed by atoms with E-state index >= 15 is 0 Å². The molecule has 0 saturated carbocycles. The number of nitrogens with one attached hydrogen (secondary N) is 1. The second-order valence-corrected chi connectivity index (χ2v) is 3.66. The van der Waals surface area contributed by atoms with E-state index in [0.717, 1.165) is 12.1 Å². The van der Waals surface area contributed by atoms with Crippen molar-refractivity contribution in [1.29, 1.82) is 0 Å². The van der Waals surface area contributed by atoms with Crippen molar-refractivity contribution in [2.75, 3.05) is 0 Å². The summed E-state index contributed by atoms with van der Waals surface area (Å²) < 4.78 is 52.3. The molecule has 2 rings (SSSR count). The Bertz CT molecular complexity index is 639. The van der Waals surface area contributed by atoms with Gasteiger partial charge < -0.3 is 18.7 Å². The maximum Gasteiger partial charge on any atom is 0.510 e. The average Bonchev–Trinajstić information content (AvgIpc) is 2.76. The maximum absolute atomic E-state index is 13.7. The number of aromatic amines is 1. The molecule has 0 aliphatic carbocycles. The molecule has 0 spiro atoms. The summed E-state index contributed by atoms with van der Waals surface area (Å²) in [5.41, 5.74) is 1.81. The standard InChI is InChI=1S/C9H6BF4N4O/c11-5-3-1-2-4(10(12,13)14)6(5)7-8(9(15)19)17-18-16-7/h1-3H,(H2,15,19)(H,16,17,18)/q-1. The van der Waals surface area contributed by atoms with Crippen molar-refractivity contribution < 1.29 is 22.1 Å². The van der Waals surface area contributed by atoms with Crippen LogP contribution in [0.15, 0.2) is 18.2 Å². The zero-order valence-corrected chi connectivity index (χ0v) is 9.20. The third kappa shape index (κ3) is 2.28. The van der Waals surface area contributed by atoms with E-state index in [4.69, 9.17) is 5.73 Å². The van der Waals surface area contributed by atoms with Crippen molar-refractivity contribution in [3.63, 3.8) is 0 Å². The van der Waals surface area contributed by atoms with Gasteiger partial charge in [-0.05, 0) is 6.07 Å². The predicted octanol–water partition coefficient (Wildman–Crippen LogP) is 0.764. The monoisotopic (exact) mass is 273 g/mol. The van der Waals surface area contributed by atoms with E-state index in [9.17, 15) is 22.1 Å². The molecule has 0 atom stereocenters. The minimum atomic E-state index is -5.47. The number of nitrogens with zero attached hydrogens (tertiary/aromatic N) is 2. The highest BCUT2D eigenvalue weighted by Crippen LogP contribution is 2.25. The molecular weight excluding hydrogens is 267 g/mol. The number of hydrogen-bond acceptors (Lipinski definition) is 3. The van der Waals surface area contributed by atoms with Gasteiger partial charge in [-0.1, -0.05) is 17.6 Å². The molecule has 1 amide bonds. The first-order valence-corrected chi connectivity index (χ1v) is 5.01. The van der Waals surface area contributed by atoms with Crippen LogP contribution in [0.3, 0.4) is 0 Å². The molecule has 100 valence electrons. The van der Waals surface area contributed by atoms with Gasteiger partial charge in [-0.25, -0.2) is 4.39 Å². The molecule has 5 nitrogen and oxygen atoms in total. The number of aromatic nitrogens is 3. The fraction of sp³-hybridized carbons (Fsp3) is 0. The Kier molecular flexibility index (Phi) is 3.01. The van der Waals surface area contributed by atoms with Gasteiger partial charge >= 0.3 is 6.98 Å². The van der Waals surface area contributed by atoms with Crippen molar-refractivity contribution in [1.82, 2.24) is 15.4 Å². The van der Waals surface area contributed by atoms with Crippen LogP contribution in [0.25, 0.3) is 11.3 Å². The molecule has 0 saturated heterocycles. The van der Waals surface area contributed by atoms with Gasteiger partial charge in [0.1, 0.15) is 11.5 Å². The second-order valence-electron chi connectivity index (χ2n) is 3.66. The number of rotatable bonds is 3. The van der Waals surface area contributed by atoms with Crippen molar-refractivity contribution in [3.8, 4) is 11.3 Å². The maximum atomic E-state index is 13.7. The fourth-order valence-electron chi connectivity index (χ4n) is 1.64. The molecule has 0 aliphatic heterocycles. The number of benzene rings is 1. The normalized spacial score (nSPS) is 11.6. The number of H-pyrrole nitrogens is 1. The molecule has 1 aromatic heterocycles. The molecule has 19 heavy (non-hydrogen) atoms. The zero-order chi connectivity index (χ0) is 14.2. The Morgan fingerprint density at radius 3 is 2.53 bits per heavy atom. The van der Waals surface area contributed by atoms with Gasteiger partial charge in [-0.2, -0.15) is 15.4 Å². The molecule has 0 unspecified atom stereocenters. The molecule has 10 heteroatoms. The van der Waals surface area contributed by atoms with Crippen LogP contribution < -0.4 is 11.2 Å². The quantitative estimate of drug-likeness (QED) is 0.639. The first-order valence-electron chi connectivity index (χ1n) is 5.01. The van der Waals surface area contributed by atoms with Crippen molar-refractivity contribution >= 4 is 18.3 Å². The van der Waals surface area contributed by atoms with Crippen LogP contribution in [-0.4, -0.2) is 28.3 Å². The molecular formula is C9H6BF4N4O-. The van der Waals surface area contributed by atoms with E-state index < -0.39 is 41.1 Å². The van der Waals surface area contributed by atoms with Crippen LogP contribution in [0.1, 0.15) is 10.5 Å². The van der Waals surface area contributed by atoms with Crippen LogP contribution in [0, 0.1) is 5.82 Å². The minimum absolute atomic E-state index is 0.550. The molecule has 1 heterocycles. The van der Waals surface area contributed by atoms with Gasteiger partial charge in [0.2, 0.25) is 0 Å². The van der Waals surface area contributed by atoms with Crippen LogP contribution in [0.4, 0.5) is 17.3 Å². The molecule has 0 bridgehead atoms. The van der Waals surface area contributed by atoms with Gasteiger partial charge in [0.15, 0.2) is 5.69 Å². The Morgan fingerprint density at radius 1 is 1.26 bits per heavy atom.